The number of amidine groups is 1. The number of hydrogen-bond acceptors (Lipinski definition) is 4. The van der Waals surface area contributed by atoms with Gasteiger partial charge in [-0.1, -0.05) is 0 Å². The molecule has 0 aromatic carbocycles. The lowest BCUT2D eigenvalue weighted by Crippen LogP contribution is -2.46. The van der Waals surface area contributed by atoms with Crippen molar-refractivity contribution < 1.29 is 4.79 Å². The molecule has 0 radical (unpaired) electrons. The number of amides is 1. The first kappa shape index (κ1) is 18.5. The summed E-state index contributed by atoms with van der Waals surface area (Å²) in [5.41, 5.74) is 9.42. The van der Waals surface area contributed by atoms with E-state index in [0.717, 1.165) is 17.0 Å². The Balaban J connectivity index is 1.67. The Morgan fingerprint density at radius 1 is 1.35 bits per heavy atom. The third-order valence-electron chi connectivity index (χ3n) is 5.25. The number of hydrogen-bond donors (Lipinski definition) is 3. The van der Waals surface area contributed by atoms with Crippen LogP contribution >= 0.6 is 0 Å². The summed E-state index contributed by atoms with van der Waals surface area (Å²) in [7, 11) is 0. The fourth-order valence-corrected chi connectivity index (χ4v) is 3.64. The van der Waals surface area contributed by atoms with Gasteiger partial charge in [-0.15, -0.1) is 0 Å². The van der Waals surface area contributed by atoms with E-state index in [1.165, 1.54) is 25.7 Å². The number of aryl methyl sites for hydroxylation is 2. The Hall–Kier alpha value is -2.28. The molecule has 2 aliphatic rings. The van der Waals surface area contributed by atoms with E-state index in [9.17, 15) is 4.79 Å². The molecule has 7 heteroatoms. The lowest BCUT2D eigenvalue weighted by Gasteiger charge is -2.22. The van der Waals surface area contributed by atoms with E-state index in [2.05, 4.69) is 32.2 Å². The molecule has 2 aliphatic carbocycles. The molecule has 1 aromatic rings. The molecule has 0 saturated heterocycles. The van der Waals surface area contributed by atoms with Crippen LogP contribution in [0.5, 0.6) is 0 Å². The van der Waals surface area contributed by atoms with Crippen molar-refractivity contribution >= 4 is 18.5 Å². The third-order valence-corrected chi connectivity index (χ3v) is 5.25. The van der Waals surface area contributed by atoms with Gasteiger partial charge in [0, 0.05) is 17.6 Å². The molecule has 1 aromatic heterocycles. The number of carbonyl (C=O) groups excluding carboxylic acids is 1. The molecule has 4 N–H and O–H groups in total. The zero-order valence-corrected chi connectivity index (χ0v) is 15.7. The van der Waals surface area contributed by atoms with Crippen LogP contribution in [-0.2, 0) is 4.79 Å². The Morgan fingerprint density at radius 3 is 2.42 bits per heavy atom. The molecule has 0 unspecified atom stereocenters. The molecule has 7 nitrogen and oxygen atoms in total. The highest BCUT2D eigenvalue weighted by Gasteiger charge is 2.46. The summed E-state index contributed by atoms with van der Waals surface area (Å²) in [6.07, 6.45) is 6.42. The first-order chi connectivity index (χ1) is 12.4. The van der Waals surface area contributed by atoms with Gasteiger partial charge in [-0.05, 0) is 70.9 Å². The topological polar surface area (TPSA) is 109 Å². The minimum Gasteiger partial charge on any atom is -0.327 e. The number of carbonyl (C=O) groups is 1. The molecule has 1 amide bonds. The van der Waals surface area contributed by atoms with E-state index in [1.807, 2.05) is 13.8 Å². The second-order valence-electron chi connectivity index (χ2n) is 7.50. The van der Waals surface area contributed by atoms with E-state index in [4.69, 9.17) is 5.73 Å². The number of allylic oxidation sites excluding steroid dienone is 1. The molecule has 0 bridgehead atoms. The van der Waals surface area contributed by atoms with E-state index in [1.54, 1.807) is 13.1 Å². The van der Waals surface area contributed by atoms with Gasteiger partial charge in [0.25, 0.3) is 0 Å². The number of nitrogens with two attached hydrogens (primary N) is 1. The lowest BCUT2D eigenvalue weighted by atomic mass is 9.89. The van der Waals surface area contributed by atoms with Crippen LogP contribution in [0.1, 0.15) is 49.6 Å². The minimum atomic E-state index is -0.447. The largest absolute Gasteiger partial charge is 0.327 e. The van der Waals surface area contributed by atoms with Crippen LogP contribution in [0.25, 0.3) is 0 Å². The second-order valence-corrected chi connectivity index (χ2v) is 7.50. The maximum atomic E-state index is 12.5. The highest BCUT2D eigenvalue weighted by molar-refractivity contribution is 6.03. The summed E-state index contributed by atoms with van der Waals surface area (Å²) in [6, 6.07) is -0.447. The van der Waals surface area contributed by atoms with Crippen molar-refractivity contribution in [3.05, 3.63) is 28.8 Å². The van der Waals surface area contributed by atoms with Gasteiger partial charge >= 0.3 is 0 Å². The molecule has 3 rings (SSSR count). The van der Waals surface area contributed by atoms with Crippen LogP contribution in [0.3, 0.4) is 0 Å². The van der Waals surface area contributed by atoms with Gasteiger partial charge in [0.1, 0.15) is 0 Å². The summed E-state index contributed by atoms with van der Waals surface area (Å²) >= 11 is 0. The van der Waals surface area contributed by atoms with Gasteiger partial charge < -0.3 is 11.1 Å². The molecule has 26 heavy (non-hydrogen) atoms. The highest BCUT2D eigenvalue weighted by Crippen LogP contribution is 2.50. The zero-order chi connectivity index (χ0) is 18.8. The molecule has 1 atom stereocenters. The van der Waals surface area contributed by atoms with Crippen LogP contribution in [0.2, 0.25) is 0 Å². The number of nitrogens with zero attached hydrogens (tertiary/aromatic N) is 3. The lowest BCUT2D eigenvalue weighted by molar-refractivity contribution is -0.123. The van der Waals surface area contributed by atoms with Crippen molar-refractivity contribution in [2.24, 2.45) is 33.5 Å². The van der Waals surface area contributed by atoms with E-state index >= 15 is 0 Å². The Labute approximate surface area is 154 Å². The Bertz CT molecular complexity index is 723. The molecule has 2 fully saturated rings. The van der Waals surface area contributed by atoms with Gasteiger partial charge in [0.05, 0.1) is 17.3 Å². The predicted octanol–water partition coefficient (Wildman–Crippen LogP) is 2.21. The Morgan fingerprint density at radius 2 is 1.96 bits per heavy atom. The second kappa shape index (κ2) is 7.53. The zero-order valence-electron chi connectivity index (χ0n) is 15.7. The van der Waals surface area contributed by atoms with Crippen LogP contribution in [0, 0.1) is 31.6 Å². The maximum Gasteiger partial charge on any atom is 0.241 e. The van der Waals surface area contributed by atoms with Crippen LogP contribution in [0.4, 0.5) is 0 Å². The summed E-state index contributed by atoms with van der Waals surface area (Å²) in [5.74, 6) is 1.94. The van der Waals surface area contributed by atoms with Crippen LogP contribution in [-0.4, -0.2) is 34.7 Å². The van der Waals surface area contributed by atoms with Gasteiger partial charge in [-0.3, -0.25) is 9.89 Å². The summed E-state index contributed by atoms with van der Waals surface area (Å²) in [5, 5.41) is 9.94. The van der Waals surface area contributed by atoms with Crippen LogP contribution < -0.4 is 11.1 Å². The monoisotopic (exact) mass is 356 g/mol. The minimum absolute atomic E-state index is 0.124. The standard InChI is InChI=1S/C19H28N6O/c1-10(9-22-18(21-4)15-11(2)24-25-12(15)3)23-19(26)17(20)16(13-5-6-13)14-7-8-14/h9,13-14,16-17H,4-8,20H2,1-3H3,(H,23,26)(H,24,25)/b10-9+,22-18-/t17-/m0/s1. The van der Waals surface area contributed by atoms with Crippen LogP contribution in [0.15, 0.2) is 21.9 Å². The summed E-state index contributed by atoms with van der Waals surface area (Å²) < 4.78 is 0. The Kier molecular flexibility index (Phi) is 5.36. The predicted molar refractivity (Wildman–Crippen MR) is 103 cm³/mol. The molecule has 1 heterocycles. The molecular weight excluding hydrogens is 328 g/mol. The van der Waals surface area contributed by atoms with Gasteiger partial charge in [-0.2, -0.15) is 5.10 Å². The van der Waals surface area contributed by atoms with Crippen molar-refractivity contribution in [1.29, 1.82) is 0 Å². The van der Waals surface area contributed by atoms with Crippen molar-refractivity contribution in [3.8, 4) is 0 Å². The van der Waals surface area contributed by atoms with Gasteiger partial charge in [0.2, 0.25) is 5.91 Å². The normalized spacial score (nSPS) is 19.6. The molecule has 0 spiro atoms. The number of H-pyrrole nitrogens is 1. The molecular formula is C19H28N6O. The number of aromatic nitrogens is 2. The number of rotatable bonds is 7. The first-order valence-corrected chi connectivity index (χ1v) is 9.22. The fraction of sp³-hybridized carbons (Fsp3) is 0.579. The molecule has 0 aliphatic heterocycles. The summed E-state index contributed by atoms with van der Waals surface area (Å²) in [6.45, 7) is 9.17. The van der Waals surface area contributed by atoms with E-state index < -0.39 is 6.04 Å². The molecule has 2 saturated carbocycles. The van der Waals surface area contributed by atoms with Crippen molar-refractivity contribution in [2.45, 2.75) is 52.5 Å². The number of aromatic amines is 1. The first-order valence-electron chi connectivity index (χ1n) is 9.22. The number of aliphatic imine (C=N–C) groups is 2. The summed E-state index contributed by atoms with van der Waals surface area (Å²) in [4.78, 5) is 20.9. The maximum absolute atomic E-state index is 12.5. The third kappa shape index (κ3) is 4.09. The highest BCUT2D eigenvalue weighted by atomic mass is 16.2. The van der Waals surface area contributed by atoms with E-state index in [-0.39, 0.29) is 5.91 Å². The van der Waals surface area contributed by atoms with E-state index in [0.29, 0.717) is 29.3 Å². The SMILES string of the molecule is C=N/C(=N\C=C(/C)NC(=O)[C@@H](N)C(C1CC1)C1CC1)c1c(C)n[nH]c1C. The van der Waals surface area contributed by atoms with Crippen molar-refractivity contribution in [3.63, 3.8) is 0 Å². The van der Waals surface area contributed by atoms with Crippen molar-refractivity contribution in [2.75, 3.05) is 0 Å². The smallest absolute Gasteiger partial charge is 0.241 e. The van der Waals surface area contributed by atoms with Gasteiger partial charge in [-0.25, -0.2) is 9.98 Å². The quantitative estimate of drug-likeness (QED) is 0.515. The average molecular weight is 356 g/mol. The fourth-order valence-electron chi connectivity index (χ4n) is 3.64. The molecule has 140 valence electrons. The van der Waals surface area contributed by atoms with Gasteiger partial charge in [0.15, 0.2) is 5.84 Å². The van der Waals surface area contributed by atoms with Crippen molar-refractivity contribution in [1.82, 2.24) is 15.5 Å². The number of nitrogens with one attached hydrogen (secondary N) is 2. The average Bonchev–Trinajstić information content (AvgIpc) is 3.51.